The van der Waals surface area contributed by atoms with E-state index in [2.05, 4.69) is 62.9 Å². The predicted octanol–water partition coefficient (Wildman–Crippen LogP) is 2.74. The van der Waals surface area contributed by atoms with Crippen molar-refractivity contribution in [3.8, 4) is 0 Å². The second-order valence-electron chi connectivity index (χ2n) is 7.29. The fourth-order valence-electron chi connectivity index (χ4n) is 3.16. The molecule has 0 saturated carbocycles. The number of rotatable bonds is 4. The number of hydrogen-bond acceptors (Lipinski definition) is 2. The molecule has 0 aliphatic carbocycles. The van der Waals surface area contributed by atoms with Crippen molar-refractivity contribution in [1.82, 2.24) is 19.8 Å². The van der Waals surface area contributed by atoms with Crippen molar-refractivity contribution < 1.29 is 0 Å². The van der Waals surface area contributed by atoms with Gasteiger partial charge < -0.3 is 14.8 Å². The van der Waals surface area contributed by atoms with Gasteiger partial charge in [-0.25, -0.2) is 4.98 Å². The van der Waals surface area contributed by atoms with E-state index in [9.17, 15) is 0 Å². The van der Waals surface area contributed by atoms with Crippen LogP contribution in [0.15, 0.2) is 48.0 Å². The van der Waals surface area contributed by atoms with Crippen LogP contribution in [0.5, 0.6) is 0 Å². The normalized spacial score (nSPS) is 17.3. The summed E-state index contributed by atoms with van der Waals surface area (Å²) in [5, 5.41) is 3.49. The Kier molecular flexibility index (Phi) is 4.88. The molecule has 0 atom stereocenters. The molecule has 1 N–H and O–H groups in total. The van der Waals surface area contributed by atoms with Gasteiger partial charge in [0.05, 0.1) is 6.33 Å². The third-order valence-corrected chi connectivity index (χ3v) is 4.59. The van der Waals surface area contributed by atoms with Crippen LogP contribution in [0.1, 0.15) is 31.4 Å². The van der Waals surface area contributed by atoms with Gasteiger partial charge in [0.15, 0.2) is 5.96 Å². The predicted molar refractivity (Wildman–Crippen MR) is 97.9 cm³/mol. The number of aliphatic imine (C=N–C) groups is 1. The molecule has 3 rings (SSSR count). The minimum absolute atomic E-state index is 0.382. The van der Waals surface area contributed by atoms with Gasteiger partial charge in [0, 0.05) is 45.6 Å². The van der Waals surface area contributed by atoms with Gasteiger partial charge >= 0.3 is 0 Å². The Morgan fingerprint density at radius 3 is 2.58 bits per heavy atom. The van der Waals surface area contributed by atoms with Gasteiger partial charge in [-0.15, -0.1) is 0 Å². The molecule has 1 saturated heterocycles. The lowest BCUT2D eigenvalue weighted by Crippen LogP contribution is -2.40. The molecule has 1 aromatic carbocycles. The monoisotopic (exact) mass is 325 g/mol. The molecule has 2 heterocycles. The van der Waals surface area contributed by atoms with E-state index in [0.717, 1.165) is 32.1 Å². The topological polar surface area (TPSA) is 45.5 Å². The van der Waals surface area contributed by atoms with E-state index >= 15 is 0 Å². The van der Waals surface area contributed by atoms with Crippen molar-refractivity contribution in [3.63, 3.8) is 0 Å². The molecule has 1 aromatic heterocycles. The molecule has 24 heavy (non-hydrogen) atoms. The fraction of sp³-hybridized carbons (Fsp3) is 0.474. The Hall–Kier alpha value is -2.30. The van der Waals surface area contributed by atoms with Gasteiger partial charge in [-0.05, 0) is 23.0 Å². The smallest absolute Gasteiger partial charge is 0.193 e. The van der Waals surface area contributed by atoms with Crippen LogP contribution < -0.4 is 5.32 Å². The summed E-state index contributed by atoms with van der Waals surface area (Å²) < 4.78 is 2.07. The zero-order chi connectivity index (χ0) is 17.0. The first kappa shape index (κ1) is 16.6. The van der Waals surface area contributed by atoms with E-state index < -0.39 is 0 Å². The molecule has 2 aromatic rings. The summed E-state index contributed by atoms with van der Waals surface area (Å²) >= 11 is 0. The highest BCUT2D eigenvalue weighted by Gasteiger charge is 2.30. The minimum atomic E-state index is 0.382. The van der Waals surface area contributed by atoms with Crippen LogP contribution in [0.3, 0.4) is 0 Å². The number of hydrogen-bond donors (Lipinski definition) is 1. The van der Waals surface area contributed by atoms with Crippen LogP contribution in [-0.2, 0) is 13.1 Å². The Morgan fingerprint density at radius 1 is 1.25 bits per heavy atom. The molecular formula is C19H27N5. The van der Waals surface area contributed by atoms with Gasteiger partial charge in [-0.3, -0.25) is 4.99 Å². The first-order valence-electron chi connectivity index (χ1n) is 8.55. The average molecular weight is 325 g/mol. The van der Waals surface area contributed by atoms with Gasteiger partial charge in [0.1, 0.15) is 0 Å². The van der Waals surface area contributed by atoms with E-state index in [1.54, 1.807) is 0 Å². The molecule has 1 aliphatic rings. The molecule has 5 nitrogen and oxygen atoms in total. The fourth-order valence-corrected chi connectivity index (χ4v) is 3.16. The number of imidazole rings is 1. The minimum Gasteiger partial charge on any atom is -0.352 e. The highest BCUT2D eigenvalue weighted by molar-refractivity contribution is 5.80. The Balaban J connectivity index is 1.54. The summed E-state index contributed by atoms with van der Waals surface area (Å²) in [5.74, 6) is 1.00. The maximum absolute atomic E-state index is 4.44. The lowest BCUT2D eigenvalue weighted by molar-refractivity contribution is 0.370. The lowest BCUT2D eigenvalue weighted by Gasteiger charge is -2.23. The molecule has 0 amide bonds. The van der Waals surface area contributed by atoms with Gasteiger partial charge in [0.25, 0.3) is 0 Å². The average Bonchev–Trinajstić information content (AvgIpc) is 3.19. The summed E-state index contributed by atoms with van der Waals surface area (Å²) in [6, 6.07) is 8.72. The number of likely N-dealkylation sites (tertiary alicyclic amines) is 1. The van der Waals surface area contributed by atoms with Crippen LogP contribution in [0.2, 0.25) is 0 Å². The number of benzene rings is 1. The van der Waals surface area contributed by atoms with Gasteiger partial charge in [0.2, 0.25) is 0 Å². The molecule has 0 radical (unpaired) electrons. The molecule has 1 fully saturated rings. The van der Waals surface area contributed by atoms with Gasteiger partial charge in [-0.2, -0.15) is 0 Å². The third-order valence-electron chi connectivity index (χ3n) is 4.59. The highest BCUT2D eigenvalue weighted by Crippen LogP contribution is 2.28. The van der Waals surface area contributed by atoms with Crippen molar-refractivity contribution in [2.75, 3.05) is 20.1 Å². The number of aromatic nitrogens is 2. The van der Waals surface area contributed by atoms with Crippen LogP contribution in [0, 0.1) is 5.41 Å². The number of nitrogens with one attached hydrogen (secondary N) is 1. The lowest BCUT2D eigenvalue weighted by atomic mass is 9.93. The largest absolute Gasteiger partial charge is 0.352 e. The Bertz CT molecular complexity index is 670. The molecule has 0 bridgehead atoms. The van der Waals surface area contributed by atoms with Crippen molar-refractivity contribution in [3.05, 3.63) is 54.1 Å². The van der Waals surface area contributed by atoms with E-state index in [1.165, 1.54) is 17.5 Å². The third kappa shape index (κ3) is 4.16. The van der Waals surface area contributed by atoms with E-state index in [-0.39, 0.29) is 0 Å². The standard InChI is InChI=1S/C19H27N5/c1-19(2)8-10-24(14-19)18(20-3)22-12-16-4-6-17(7-5-16)13-23-11-9-21-15-23/h4-7,9,11,15H,8,10,12-14H2,1-3H3,(H,20,22). The summed E-state index contributed by atoms with van der Waals surface area (Å²) in [7, 11) is 1.86. The SMILES string of the molecule is CN=C(NCc1ccc(Cn2ccnc2)cc1)N1CCC(C)(C)C1. The zero-order valence-corrected chi connectivity index (χ0v) is 14.9. The van der Waals surface area contributed by atoms with Gasteiger partial charge in [-0.1, -0.05) is 38.1 Å². The van der Waals surface area contributed by atoms with Crippen molar-refractivity contribution in [2.45, 2.75) is 33.4 Å². The Morgan fingerprint density at radius 2 is 2.00 bits per heavy atom. The maximum Gasteiger partial charge on any atom is 0.193 e. The molecule has 0 unspecified atom stereocenters. The first-order valence-corrected chi connectivity index (χ1v) is 8.55. The second kappa shape index (κ2) is 7.07. The zero-order valence-electron chi connectivity index (χ0n) is 14.9. The number of nitrogens with zero attached hydrogens (tertiary/aromatic N) is 4. The van der Waals surface area contributed by atoms with Crippen molar-refractivity contribution >= 4 is 5.96 Å². The Labute approximate surface area is 144 Å². The first-order chi connectivity index (χ1) is 11.6. The molecule has 5 heteroatoms. The van der Waals surface area contributed by atoms with Crippen LogP contribution >= 0.6 is 0 Å². The summed E-state index contributed by atoms with van der Waals surface area (Å²) in [6.07, 6.45) is 6.86. The van der Waals surface area contributed by atoms with Crippen LogP contribution in [-0.4, -0.2) is 40.5 Å². The van der Waals surface area contributed by atoms with Crippen LogP contribution in [0.4, 0.5) is 0 Å². The number of guanidine groups is 1. The maximum atomic E-state index is 4.44. The highest BCUT2D eigenvalue weighted by atomic mass is 15.3. The second-order valence-corrected chi connectivity index (χ2v) is 7.29. The van der Waals surface area contributed by atoms with E-state index in [4.69, 9.17) is 0 Å². The van der Waals surface area contributed by atoms with Crippen molar-refractivity contribution in [2.24, 2.45) is 10.4 Å². The molecule has 1 aliphatic heterocycles. The van der Waals surface area contributed by atoms with Crippen molar-refractivity contribution in [1.29, 1.82) is 0 Å². The van der Waals surface area contributed by atoms with E-state index in [1.807, 2.05) is 25.8 Å². The molecule has 0 spiro atoms. The quantitative estimate of drug-likeness (QED) is 0.694. The van der Waals surface area contributed by atoms with Crippen LogP contribution in [0.25, 0.3) is 0 Å². The van der Waals surface area contributed by atoms with E-state index in [0.29, 0.717) is 5.41 Å². The summed E-state index contributed by atoms with van der Waals surface area (Å²) in [6.45, 7) is 8.44. The summed E-state index contributed by atoms with van der Waals surface area (Å²) in [5.41, 5.74) is 2.93. The molecule has 128 valence electrons. The molecular weight excluding hydrogens is 298 g/mol. The summed E-state index contributed by atoms with van der Waals surface area (Å²) in [4.78, 5) is 10.9.